The third-order valence-electron chi connectivity index (χ3n) is 12.2. The highest BCUT2D eigenvalue weighted by Crippen LogP contribution is 2.40. The average Bonchev–Trinajstić information content (AvgIpc) is 3.68. The van der Waals surface area contributed by atoms with Gasteiger partial charge in [0.25, 0.3) is 0 Å². The summed E-state index contributed by atoms with van der Waals surface area (Å²) in [7, 11) is 0. The largest absolute Gasteiger partial charge is 0.309 e. The molecule has 61 heavy (non-hydrogen) atoms. The van der Waals surface area contributed by atoms with Gasteiger partial charge in [-0.15, -0.1) is 0 Å². The highest BCUT2D eigenvalue weighted by molar-refractivity contribution is 6.23. The van der Waals surface area contributed by atoms with Gasteiger partial charge in [-0.25, -0.2) is 9.97 Å². The minimum atomic E-state index is 0.952. The molecule has 0 amide bonds. The molecule has 284 valence electrons. The van der Waals surface area contributed by atoms with E-state index in [9.17, 15) is 0 Å². The van der Waals surface area contributed by atoms with Gasteiger partial charge in [0.1, 0.15) is 0 Å². The van der Waals surface area contributed by atoms with Crippen LogP contribution in [-0.4, -0.2) is 14.5 Å². The molecule has 0 atom stereocenters. The van der Waals surface area contributed by atoms with E-state index in [0.717, 1.165) is 72.4 Å². The third kappa shape index (κ3) is 5.98. The van der Waals surface area contributed by atoms with Crippen molar-refractivity contribution in [2.24, 2.45) is 0 Å². The van der Waals surface area contributed by atoms with E-state index >= 15 is 0 Å². The van der Waals surface area contributed by atoms with Crippen LogP contribution in [0, 0.1) is 0 Å². The van der Waals surface area contributed by atoms with E-state index in [2.05, 4.69) is 217 Å². The molecule has 0 unspecified atom stereocenters. The van der Waals surface area contributed by atoms with Crippen molar-refractivity contribution in [1.29, 1.82) is 0 Å². The highest BCUT2D eigenvalue weighted by Gasteiger charge is 2.16. The van der Waals surface area contributed by atoms with Crippen LogP contribution in [0.4, 0.5) is 0 Å². The van der Waals surface area contributed by atoms with Gasteiger partial charge >= 0.3 is 0 Å². The molecule has 0 saturated heterocycles. The lowest BCUT2D eigenvalue weighted by atomic mass is 9.93. The number of fused-ring (bicyclic) bond motifs is 8. The van der Waals surface area contributed by atoms with Crippen LogP contribution < -0.4 is 0 Å². The summed E-state index contributed by atoms with van der Waals surface area (Å²) in [6.45, 7) is 0. The molecule has 0 N–H and O–H groups in total. The van der Waals surface area contributed by atoms with Crippen LogP contribution in [0.3, 0.4) is 0 Å². The Kier molecular flexibility index (Phi) is 8.17. The van der Waals surface area contributed by atoms with E-state index < -0.39 is 0 Å². The van der Waals surface area contributed by atoms with Crippen LogP contribution in [0.15, 0.2) is 224 Å². The minimum absolute atomic E-state index is 0.952. The molecule has 0 aliphatic rings. The zero-order chi connectivity index (χ0) is 40.3. The van der Waals surface area contributed by atoms with E-state index in [1.54, 1.807) is 0 Å². The Morgan fingerprint density at radius 1 is 0.295 bits per heavy atom. The van der Waals surface area contributed by atoms with Gasteiger partial charge in [-0.2, -0.15) is 0 Å². The molecule has 3 aromatic heterocycles. The number of aromatic nitrogens is 3. The molecule has 0 fully saturated rings. The zero-order valence-corrected chi connectivity index (χ0v) is 33.2. The molecule has 9 aromatic carbocycles. The molecule has 0 aliphatic heterocycles. The molecule has 3 nitrogen and oxygen atoms in total. The van der Waals surface area contributed by atoms with E-state index in [1.807, 2.05) is 12.1 Å². The minimum Gasteiger partial charge on any atom is -0.309 e. The predicted molar refractivity (Wildman–Crippen MR) is 256 cm³/mol. The van der Waals surface area contributed by atoms with Crippen LogP contribution in [0.25, 0.3) is 116 Å². The molecule has 0 radical (unpaired) electrons. The Hall–Kier alpha value is -8.14. The lowest BCUT2D eigenvalue weighted by molar-refractivity contribution is 1.18. The van der Waals surface area contributed by atoms with E-state index in [4.69, 9.17) is 9.97 Å². The van der Waals surface area contributed by atoms with Crippen molar-refractivity contribution in [3.63, 3.8) is 0 Å². The van der Waals surface area contributed by atoms with Crippen molar-refractivity contribution in [1.82, 2.24) is 14.5 Å². The Morgan fingerprint density at radius 3 is 1.48 bits per heavy atom. The second kappa shape index (κ2) is 14.3. The van der Waals surface area contributed by atoms with Crippen LogP contribution in [0.1, 0.15) is 0 Å². The van der Waals surface area contributed by atoms with Gasteiger partial charge in [-0.1, -0.05) is 176 Å². The maximum absolute atomic E-state index is 5.42. The van der Waals surface area contributed by atoms with Crippen LogP contribution in [0.5, 0.6) is 0 Å². The topological polar surface area (TPSA) is 30.7 Å². The van der Waals surface area contributed by atoms with Gasteiger partial charge in [-0.05, 0) is 81.6 Å². The molecular formula is C58H37N3. The monoisotopic (exact) mass is 775 g/mol. The van der Waals surface area contributed by atoms with Gasteiger partial charge in [-0.3, -0.25) is 0 Å². The molecule has 3 heterocycles. The van der Waals surface area contributed by atoms with E-state index in [0.29, 0.717) is 0 Å². The number of benzene rings is 9. The zero-order valence-electron chi connectivity index (χ0n) is 33.2. The molecular weight excluding hydrogens is 739 g/mol. The number of hydrogen-bond acceptors (Lipinski definition) is 2. The normalized spacial score (nSPS) is 11.6. The predicted octanol–water partition coefficient (Wildman–Crippen LogP) is 15.4. The van der Waals surface area contributed by atoms with Gasteiger partial charge in [0, 0.05) is 49.3 Å². The quantitative estimate of drug-likeness (QED) is 0.158. The van der Waals surface area contributed by atoms with Gasteiger partial charge in [0.15, 0.2) is 0 Å². The second-order valence-corrected chi connectivity index (χ2v) is 15.8. The first kappa shape index (κ1) is 34.9. The fourth-order valence-electron chi connectivity index (χ4n) is 9.21. The second-order valence-electron chi connectivity index (χ2n) is 15.8. The van der Waals surface area contributed by atoms with Crippen molar-refractivity contribution in [3.8, 4) is 61.7 Å². The summed E-state index contributed by atoms with van der Waals surface area (Å²) >= 11 is 0. The molecule has 0 saturated carbocycles. The summed E-state index contributed by atoms with van der Waals surface area (Å²) in [6, 6.07) is 80.4. The lowest BCUT2D eigenvalue weighted by Crippen LogP contribution is -1.94. The van der Waals surface area contributed by atoms with Crippen LogP contribution >= 0.6 is 0 Å². The SMILES string of the molecule is c1ccc(-c2cc(-c3ccc(-c4nc5ccc(-c6ccc(-n7c8ccccc8c8ccccc87)cc6)cc5c5c4ccc4ccccc45)cc3)cc(-c3ccccc3)n2)cc1. The Morgan fingerprint density at radius 2 is 0.820 bits per heavy atom. The molecule has 3 heteroatoms. The van der Waals surface area contributed by atoms with E-state index in [-0.39, 0.29) is 0 Å². The molecule has 12 aromatic rings. The van der Waals surface area contributed by atoms with Crippen LogP contribution in [-0.2, 0) is 0 Å². The van der Waals surface area contributed by atoms with E-state index in [1.165, 1.54) is 43.5 Å². The van der Waals surface area contributed by atoms with Crippen molar-refractivity contribution >= 4 is 54.3 Å². The number of nitrogens with zero attached hydrogens (tertiary/aromatic N) is 3. The highest BCUT2D eigenvalue weighted by atomic mass is 15.0. The summed E-state index contributed by atoms with van der Waals surface area (Å²) in [5.74, 6) is 0. The van der Waals surface area contributed by atoms with Crippen LogP contribution in [0.2, 0.25) is 0 Å². The lowest BCUT2D eigenvalue weighted by Gasteiger charge is -2.15. The molecule has 12 rings (SSSR count). The summed E-state index contributed by atoms with van der Waals surface area (Å²) in [6.07, 6.45) is 0. The van der Waals surface area contributed by atoms with Crippen molar-refractivity contribution in [2.45, 2.75) is 0 Å². The smallest absolute Gasteiger partial charge is 0.0788 e. The standard InChI is InChI=1S/C58H37N3/c1-3-14-41(15-4-1)53-36-45(37-54(59-53)42-16-5-2-6-17-42)39-23-25-43(26-24-39)58-50-33-29-40-13-7-8-18-47(40)57(50)51-35-44(30-34-52(51)60-58)38-27-31-46(32-28-38)61-55-21-11-9-19-48(55)49-20-10-12-22-56(49)61/h1-37H. The summed E-state index contributed by atoms with van der Waals surface area (Å²) in [4.78, 5) is 10.5. The Labute approximate surface area is 353 Å². The Bertz CT molecular complexity index is 3500. The van der Waals surface area contributed by atoms with Gasteiger partial charge in [0.05, 0.1) is 33.6 Å². The summed E-state index contributed by atoms with van der Waals surface area (Å²) in [5.41, 5.74) is 15.3. The first-order valence-corrected chi connectivity index (χ1v) is 20.8. The fraction of sp³-hybridized carbons (Fsp3) is 0. The number of pyridine rings is 2. The van der Waals surface area contributed by atoms with Crippen molar-refractivity contribution < 1.29 is 0 Å². The van der Waals surface area contributed by atoms with Gasteiger partial charge in [0.2, 0.25) is 0 Å². The number of para-hydroxylation sites is 2. The number of hydrogen-bond donors (Lipinski definition) is 0. The Balaban J connectivity index is 0.959. The first-order valence-electron chi connectivity index (χ1n) is 20.8. The van der Waals surface area contributed by atoms with Gasteiger partial charge < -0.3 is 4.57 Å². The molecule has 0 bridgehead atoms. The average molecular weight is 776 g/mol. The number of rotatable bonds is 6. The maximum Gasteiger partial charge on any atom is 0.0788 e. The summed E-state index contributed by atoms with van der Waals surface area (Å²) < 4.78 is 2.37. The molecule has 0 aliphatic carbocycles. The molecule has 0 spiro atoms. The van der Waals surface area contributed by atoms with Crippen molar-refractivity contribution in [3.05, 3.63) is 224 Å². The van der Waals surface area contributed by atoms with Crippen molar-refractivity contribution in [2.75, 3.05) is 0 Å². The fourth-order valence-corrected chi connectivity index (χ4v) is 9.21. The third-order valence-corrected chi connectivity index (χ3v) is 12.2. The summed E-state index contributed by atoms with van der Waals surface area (Å²) in [5, 5.41) is 8.48. The maximum atomic E-state index is 5.42. The first-order chi connectivity index (χ1) is 30.2.